The Kier molecular flexibility index (Phi) is 7.33. The van der Waals surface area contributed by atoms with E-state index in [9.17, 15) is 18.0 Å². The molecule has 0 spiro atoms. The van der Waals surface area contributed by atoms with Gasteiger partial charge in [-0.3, -0.25) is 14.2 Å². The molecule has 2 saturated heterocycles. The lowest BCUT2D eigenvalue weighted by atomic mass is 10.1. The van der Waals surface area contributed by atoms with Crippen molar-refractivity contribution in [1.82, 2.24) is 24.3 Å². The normalized spacial score (nSPS) is 16.0. The molecule has 0 aliphatic carbocycles. The summed E-state index contributed by atoms with van der Waals surface area (Å²) in [5, 5.41) is 3.23. The number of nitrogens with zero attached hydrogens (tertiary/aromatic N) is 7. The Morgan fingerprint density at radius 3 is 2.39 bits per heavy atom. The average molecular weight is 585 g/mol. The maximum absolute atomic E-state index is 13.2. The molecule has 3 aromatic heterocycles. The first-order valence-electron chi connectivity index (χ1n) is 13.4. The molecule has 2 aliphatic heterocycles. The van der Waals surface area contributed by atoms with Crippen molar-refractivity contribution < 1.29 is 18.0 Å². The van der Waals surface area contributed by atoms with Crippen molar-refractivity contribution in [3.05, 3.63) is 65.7 Å². The number of nitrogens with one attached hydrogen (secondary N) is 1. The average Bonchev–Trinajstić information content (AvgIpc) is 3.64. The highest BCUT2D eigenvalue weighted by molar-refractivity contribution is 6.33. The lowest BCUT2D eigenvalue weighted by Gasteiger charge is -2.36. The third-order valence-corrected chi connectivity index (χ3v) is 7.81. The molecule has 41 heavy (non-hydrogen) atoms. The van der Waals surface area contributed by atoms with Gasteiger partial charge in [0.25, 0.3) is 0 Å². The molecule has 0 radical (unpaired) electrons. The van der Waals surface area contributed by atoms with Crippen molar-refractivity contribution in [2.75, 3.05) is 60.9 Å². The Hall–Kier alpha value is -4.06. The molecule has 2 aliphatic rings. The van der Waals surface area contributed by atoms with Crippen molar-refractivity contribution in [3.63, 3.8) is 0 Å². The largest absolute Gasteiger partial charge is 0.417 e. The van der Waals surface area contributed by atoms with E-state index < -0.39 is 11.7 Å². The van der Waals surface area contributed by atoms with Gasteiger partial charge in [0, 0.05) is 69.1 Å². The van der Waals surface area contributed by atoms with Crippen molar-refractivity contribution in [1.29, 1.82) is 0 Å². The van der Waals surface area contributed by atoms with Crippen LogP contribution in [-0.2, 0) is 11.0 Å². The number of fused-ring (bicyclic) bond motifs is 1. The van der Waals surface area contributed by atoms with E-state index in [0.717, 1.165) is 36.6 Å². The molecule has 0 atom stereocenters. The lowest BCUT2D eigenvalue weighted by molar-refractivity contribution is -0.137. The summed E-state index contributed by atoms with van der Waals surface area (Å²) in [6, 6.07) is 9.20. The van der Waals surface area contributed by atoms with E-state index in [2.05, 4.69) is 44.5 Å². The predicted octanol–water partition coefficient (Wildman–Crippen LogP) is 4.82. The number of aromatic nitrogens is 4. The van der Waals surface area contributed by atoms with Crippen LogP contribution in [-0.4, -0.2) is 76.0 Å². The molecule has 1 amide bonds. The number of piperazine rings is 1. The van der Waals surface area contributed by atoms with E-state index in [1.54, 1.807) is 28.4 Å². The molecule has 0 unspecified atom stereocenters. The summed E-state index contributed by atoms with van der Waals surface area (Å²) in [7, 11) is 0. The molecule has 13 heteroatoms. The minimum Gasteiger partial charge on any atom is -0.372 e. The number of hydrogen-bond donors (Lipinski definition) is 1. The van der Waals surface area contributed by atoms with E-state index in [1.165, 1.54) is 18.5 Å². The zero-order chi connectivity index (χ0) is 28.6. The van der Waals surface area contributed by atoms with E-state index in [1.807, 2.05) is 4.40 Å². The van der Waals surface area contributed by atoms with Crippen LogP contribution in [0.4, 0.5) is 30.5 Å². The number of benzene rings is 1. The summed E-state index contributed by atoms with van der Waals surface area (Å²) in [6.45, 7) is 3.77. The molecule has 6 rings (SSSR count). The van der Waals surface area contributed by atoms with Gasteiger partial charge in [0.05, 0.1) is 23.3 Å². The minimum atomic E-state index is -4.51. The first kappa shape index (κ1) is 27.1. The van der Waals surface area contributed by atoms with Crippen LogP contribution in [0, 0.1) is 0 Å². The van der Waals surface area contributed by atoms with Crippen molar-refractivity contribution in [3.8, 4) is 11.3 Å². The lowest BCUT2D eigenvalue weighted by Crippen LogP contribution is -2.50. The van der Waals surface area contributed by atoms with E-state index in [4.69, 9.17) is 16.6 Å². The fourth-order valence-electron chi connectivity index (χ4n) is 5.34. The quantitative estimate of drug-likeness (QED) is 0.348. The summed E-state index contributed by atoms with van der Waals surface area (Å²) >= 11 is 6.12. The fourth-order valence-corrected chi connectivity index (χ4v) is 5.63. The van der Waals surface area contributed by atoms with Crippen LogP contribution >= 0.6 is 11.6 Å². The molecule has 0 saturated carbocycles. The summed E-state index contributed by atoms with van der Waals surface area (Å²) in [5.41, 5.74) is 2.62. The third-order valence-electron chi connectivity index (χ3n) is 7.53. The highest BCUT2D eigenvalue weighted by Crippen LogP contribution is 2.34. The zero-order valence-electron chi connectivity index (χ0n) is 22.1. The zero-order valence-corrected chi connectivity index (χ0v) is 22.9. The van der Waals surface area contributed by atoms with E-state index in [-0.39, 0.29) is 23.3 Å². The molecule has 0 bridgehead atoms. The molecular formula is C28H28ClF3N8O. The number of rotatable bonds is 6. The number of alkyl halides is 3. The third kappa shape index (κ3) is 5.61. The topological polar surface area (TPSA) is 81.9 Å². The van der Waals surface area contributed by atoms with Crippen LogP contribution in [0.3, 0.4) is 0 Å². The summed E-state index contributed by atoms with van der Waals surface area (Å²) < 4.78 is 40.8. The second-order valence-electron chi connectivity index (χ2n) is 10.1. The Labute approximate surface area is 239 Å². The number of carbonyl (C=O) groups is 1. The first-order chi connectivity index (χ1) is 19.8. The maximum atomic E-state index is 13.2. The number of halogens is 4. The van der Waals surface area contributed by atoms with Gasteiger partial charge in [-0.05, 0) is 31.0 Å². The van der Waals surface area contributed by atoms with Gasteiger partial charge < -0.3 is 20.0 Å². The Morgan fingerprint density at radius 1 is 0.976 bits per heavy atom. The Balaban J connectivity index is 1.13. The maximum Gasteiger partial charge on any atom is 0.417 e. The van der Waals surface area contributed by atoms with Crippen LogP contribution in [0.2, 0.25) is 5.02 Å². The monoisotopic (exact) mass is 584 g/mol. The van der Waals surface area contributed by atoms with E-state index in [0.29, 0.717) is 37.6 Å². The van der Waals surface area contributed by atoms with Gasteiger partial charge in [0.2, 0.25) is 5.91 Å². The molecule has 4 aromatic rings. The summed E-state index contributed by atoms with van der Waals surface area (Å²) in [6.07, 6.45) is 3.83. The van der Waals surface area contributed by atoms with Gasteiger partial charge in [-0.15, -0.1) is 0 Å². The van der Waals surface area contributed by atoms with Crippen molar-refractivity contribution in [2.45, 2.75) is 19.0 Å². The van der Waals surface area contributed by atoms with Crippen molar-refractivity contribution >= 4 is 40.5 Å². The van der Waals surface area contributed by atoms with Gasteiger partial charge in [-0.2, -0.15) is 13.2 Å². The second-order valence-corrected chi connectivity index (χ2v) is 10.5. The van der Waals surface area contributed by atoms with Gasteiger partial charge in [0.15, 0.2) is 5.65 Å². The molecule has 214 valence electrons. The summed E-state index contributed by atoms with van der Waals surface area (Å²) in [4.78, 5) is 32.0. The molecule has 5 heterocycles. The molecule has 2 fully saturated rings. The molecular weight excluding hydrogens is 557 g/mol. The van der Waals surface area contributed by atoms with Crippen LogP contribution < -0.4 is 15.1 Å². The Bertz CT molecular complexity index is 1540. The van der Waals surface area contributed by atoms with Gasteiger partial charge in [0.1, 0.15) is 17.3 Å². The number of amides is 1. The standard InChI is InChI=1S/C28H28ClF3N8O/c29-22-15-20(28(30,31)32)16-34-26(22)39-13-11-38(12-14-39)24(41)18-35-27-25(36-23-17-33-7-10-40(23)27)19-3-5-21(6-4-19)37-8-1-2-9-37/h3-7,10,15-17,35H,1-2,8-9,11-14,18H2. The SMILES string of the molecule is O=C(CNc1c(-c2ccc(N3CCCC3)cc2)nc2cnccn12)N1CCN(c2ncc(C(F)(F)F)cc2Cl)CC1. The van der Waals surface area contributed by atoms with Gasteiger partial charge in [-0.25, -0.2) is 9.97 Å². The first-order valence-corrected chi connectivity index (χ1v) is 13.8. The van der Waals surface area contributed by atoms with Crippen LogP contribution in [0.5, 0.6) is 0 Å². The second kappa shape index (κ2) is 11.1. The number of carbonyl (C=O) groups excluding carboxylic acids is 1. The van der Waals surface area contributed by atoms with Crippen LogP contribution in [0.1, 0.15) is 18.4 Å². The van der Waals surface area contributed by atoms with Gasteiger partial charge >= 0.3 is 6.18 Å². The highest BCUT2D eigenvalue weighted by Gasteiger charge is 2.32. The summed E-state index contributed by atoms with van der Waals surface area (Å²) in [5.74, 6) is 0.879. The highest BCUT2D eigenvalue weighted by atomic mass is 35.5. The minimum absolute atomic E-state index is 0.0499. The van der Waals surface area contributed by atoms with Crippen molar-refractivity contribution in [2.24, 2.45) is 0 Å². The van der Waals surface area contributed by atoms with E-state index >= 15 is 0 Å². The molecule has 1 N–H and O–H groups in total. The van der Waals surface area contributed by atoms with Crippen LogP contribution in [0.25, 0.3) is 16.9 Å². The molecule has 9 nitrogen and oxygen atoms in total. The number of pyridine rings is 1. The number of imidazole rings is 1. The molecule has 1 aromatic carbocycles. The number of hydrogen-bond acceptors (Lipinski definition) is 7. The number of anilines is 3. The Morgan fingerprint density at radius 2 is 1.71 bits per heavy atom. The smallest absolute Gasteiger partial charge is 0.372 e. The predicted molar refractivity (Wildman–Crippen MR) is 151 cm³/mol. The van der Waals surface area contributed by atoms with Gasteiger partial charge in [-0.1, -0.05) is 23.7 Å². The fraction of sp³-hybridized carbons (Fsp3) is 0.357. The van der Waals surface area contributed by atoms with Crippen LogP contribution in [0.15, 0.2) is 55.1 Å².